The molecule has 0 aliphatic heterocycles. The molecule has 0 fully saturated rings. The van der Waals surface area contributed by atoms with Gasteiger partial charge in [-0.1, -0.05) is 5.21 Å². The van der Waals surface area contributed by atoms with Crippen molar-refractivity contribution in [2.24, 2.45) is 0 Å². The Hall–Kier alpha value is -2.42. The van der Waals surface area contributed by atoms with Crippen LogP contribution in [0, 0.1) is 21.7 Å². The van der Waals surface area contributed by atoms with E-state index in [2.05, 4.69) is 10.3 Å². The van der Waals surface area contributed by atoms with Crippen LogP contribution >= 0.6 is 0 Å². The third-order valence-corrected chi connectivity index (χ3v) is 2.14. The normalized spacial score (nSPS) is 10.6. The van der Waals surface area contributed by atoms with E-state index in [1.807, 2.05) is 0 Å². The van der Waals surface area contributed by atoms with Crippen molar-refractivity contribution in [3.05, 3.63) is 45.8 Å². The summed E-state index contributed by atoms with van der Waals surface area (Å²) in [6, 6.07) is 1.08. The number of nitro groups is 1. The maximum atomic E-state index is 13.6. The molecule has 0 amide bonds. The molecule has 2 aromatic rings. The Bertz CT molecular complexity index is 614. The van der Waals surface area contributed by atoms with E-state index in [1.54, 1.807) is 0 Å². The van der Waals surface area contributed by atoms with Gasteiger partial charge >= 0.3 is 5.69 Å². The van der Waals surface area contributed by atoms with Gasteiger partial charge in [0.25, 0.3) is 0 Å². The summed E-state index contributed by atoms with van der Waals surface area (Å²) >= 11 is 0. The molecule has 0 aliphatic rings. The average molecular weight is 256 g/mol. The predicted octanol–water partition coefficient (Wildman–Crippen LogP) is 0.946. The van der Waals surface area contributed by atoms with Gasteiger partial charge < -0.3 is 5.11 Å². The van der Waals surface area contributed by atoms with E-state index in [1.165, 1.54) is 0 Å². The fraction of sp³-hybridized carbons (Fsp3) is 0.111. The summed E-state index contributed by atoms with van der Waals surface area (Å²) < 4.78 is 27.3. The Morgan fingerprint density at radius 3 is 2.72 bits per heavy atom. The summed E-state index contributed by atoms with van der Waals surface area (Å²) in [4.78, 5) is 9.81. The van der Waals surface area contributed by atoms with Crippen LogP contribution in [0.5, 0.6) is 0 Å². The maximum absolute atomic E-state index is 13.6. The van der Waals surface area contributed by atoms with E-state index >= 15 is 0 Å². The summed E-state index contributed by atoms with van der Waals surface area (Å²) in [5, 5.41) is 26.4. The molecule has 1 aromatic carbocycles. The molecular weight excluding hydrogens is 250 g/mol. The van der Waals surface area contributed by atoms with Gasteiger partial charge in [-0.05, 0) is 0 Å². The molecule has 94 valence electrons. The first-order valence-corrected chi connectivity index (χ1v) is 4.69. The standard InChI is InChI=1S/C9H6F2N4O3/c10-5-1-7(11)9(8(2-5)15(17)18)14-3-6(4-16)12-13-14/h1-3,16H,4H2. The van der Waals surface area contributed by atoms with Crippen molar-refractivity contribution in [3.63, 3.8) is 0 Å². The SMILES string of the molecule is O=[N+]([O-])c1cc(F)cc(F)c1-n1cc(CO)nn1. The van der Waals surface area contributed by atoms with Crippen LogP contribution in [0.15, 0.2) is 18.3 Å². The molecular formula is C9H6F2N4O3. The zero-order chi connectivity index (χ0) is 13.3. The summed E-state index contributed by atoms with van der Waals surface area (Å²) in [5.74, 6) is -2.21. The summed E-state index contributed by atoms with van der Waals surface area (Å²) in [6.07, 6.45) is 1.11. The monoisotopic (exact) mass is 256 g/mol. The highest BCUT2D eigenvalue weighted by Gasteiger charge is 2.23. The number of nitro benzene ring substituents is 1. The van der Waals surface area contributed by atoms with Gasteiger partial charge in [0.1, 0.15) is 11.5 Å². The summed E-state index contributed by atoms with van der Waals surface area (Å²) in [6.45, 7) is -0.448. The maximum Gasteiger partial charge on any atom is 0.300 e. The second kappa shape index (κ2) is 4.45. The van der Waals surface area contributed by atoms with Crippen LogP contribution in [0.2, 0.25) is 0 Å². The fourth-order valence-corrected chi connectivity index (χ4v) is 1.40. The molecule has 9 heteroatoms. The van der Waals surface area contributed by atoms with Gasteiger partial charge in [-0.3, -0.25) is 10.1 Å². The Labute approximate surface area is 98.4 Å². The lowest BCUT2D eigenvalue weighted by molar-refractivity contribution is -0.385. The van der Waals surface area contributed by atoms with Gasteiger partial charge in [-0.2, -0.15) is 0 Å². The number of nitrogens with zero attached hydrogens (tertiary/aromatic N) is 4. The third kappa shape index (κ3) is 2.02. The van der Waals surface area contributed by atoms with Gasteiger partial charge in [-0.15, -0.1) is 5.10 Å². The number of halogens is 2. The molecule has 0 radical (unpaired) electrons. The smallest absolute Gasteiger partial charge is 0.300 e. The van der Waals surface area contributed by atoms with Crippen molar-refractivity contribution in [2.45, 2.75) is 6.61 Å². The van der Waals surface area contributed by atoms with Crippen LogP contribution in [0.3, 0.4) is 0 Å². The van der Waals surface area contributed by atoms with Gasteiger partial charge in [0, 0.05) is 6.07 Å². The number of aliphatic hydroxyl groups excluding tert-OH is 1. The second-order valence-electron chi connectivity index (χ2n) is 3.33. The minimum atomic E-state index is -1.14. The molecule has 1 N–H and O–H groups in total. The highest BCUT2D eigenvalue weighted by Crippen LogP contribution is 2.26. The van der Waals surface area contributed by atoms with E-state index in [0.29, 0.717) is 12.1 Å². The van der Waals surface area contributed by atoms with E-state index in [4.69, 9.17) is 5.11 Å². The van der Waals surface area contributed by atoms with Crippen LogP contribution < -0.4 is 0 Å². The van der Waals surface area contributed by atoms with Crippen molar-refractivity contribution in [1.82, 2.24) is 15.0 Å². The number of benzene rings is 1. The first-order chi connectivity index (χ1) is 8.52. The van der Waals surface area contributed by atoms with E-state index < -0.39 is 34.5 Å². The van der Waals surface area contributed by atoms with E-state index in [-0.39, 0.29) is 5.69 Å². The molecule has 1 heterocycles. The third-order valence-electron chi connectivity index (χ3n) is 2.14. The Balaban J connectivity index is 2.65. The van der Waals surface area contributed by atoms with E-state index in [0.717, 1.165) is 10.9 Å². The predicted molar refractivity (Wildman–Crippen MR) is 53.9 cm³/mol. The zero-order valence-corrected chi connectivity index (χ0v) is 8.75. The topological polar surface area (TPSA) is 94.1 Å². The molecule has 0 spiro atoms. The lowest BCUT2D eigenvalue weighted by atomic mass is 10.2. The molecule has 0 atom stereocenters. The largest absolute Gasteiger partial charge is 0.390 e. The number of rotatable bonds is 3. The van der Waals surface area contributed by atoms with Crippen LogP contribution in [-0.4, -0.2) is 25.0 Å². The first kappa shape index (κ1) is 12.0. The lowest BCUT2D eigenvalue weighted by Gasteiger charge is -2.03. The number of aliphatic hydroxyl groups is 1. The molecule has 7 nitrogen and oxygen atoms in total. The molecule has 2 rings (SSSR count). The first-order valence-electron chi connectivity index (χ1n) is 4.69. The van der Waals surface area contributed by atoms with Crippen LogP contribution in [0.1, 0.15) is 5.69 Å². The summed E-state index contributed by atoms with van der Waals surface area (Å²) in [5.41, 5.74) is -1.21. The Kier molecular flexibility index (Phi) is 2.98. The van der Waals surface area contributed by atoms with Gasteiger partial charge in [0.2, 0.25) is 0 Å². The van der Waals surface area contributed by atoms with Crippen LogP contribution in [0.4, 0.5) is 14.5 Å². The van der Waals surface area contributed by atoms with Crippen molar-refractivity contribution >= 4 is 5.69 Å². The highest BCUT2D eigenvalue weighted by molar-refractivity contribution is 5.53. The Morgan fingerprint density at radius 2 is 2.17 bits per heavy atom. The minimum Gasteiger partial charge on any atom is -0.390 e. The number of aromatic nitrogens is 3. The molecule has 0 bridgehead atoms. The van der Waals surface area contributed by atoms with Crippen molar-refractivity contribution in [1.29, 1.82) is 0 Å². The van der Waals surface area contributed by atoms with Crippen LogP contribution in [0.25, 0.3) is 5.69 Å². The minimum absolute atomic E-state index is 0.105. The molecule has 0 saturated heterocycles. The highest BCUT2D eigenvalue weighted by atomic mass is 19.1. The zero-order valence-electron chi connectivity index (χ0n) is 8.75. The number of hydrogen-bond acceptors (Lipinski definition) is 5. The van der Waals surface area contributed by atoms with Gasteiger partial charge in [0.15, 0.2) is 11.5 Å². The molecule has 0 aliphatic carbocycles. The van der Waals surface area contributed by atoms with Crippen molar-refractivity contribution in [3.8, 4) is 5.69 Å². The van der Waals surface area contributed by atoms with Gasteiger partial charge in [0.05, 0.1) is 23.8 Å². The number of hydrogen-bond donors (Lipinski definition) is 1. The van der Waals surface area contributed by atoms with Crippen molar-refractivity contribution < 1.29 is 18.8 Å². The average Bonchev–Trinajstić information content (AvgIpc) is 2.76. The molecule has 18 heavy (non-hydrogen) atoms. The quantitative estimate of drug-likeness (QED) is 0.651. The van der Waals surface area contributed by atoms with E-state index in [9.17, 15) is 18.9 Å². The lowest BCUT2D eigenvalue weighted by Crippen LogP contribution is -2.05. The summed E-state index contributed by atoms with van der Waals surface area (Å²) in [7, 11) is 0. The molecule has 0 saturated carbocycles. The van der Waals surface area contributed by atoms with Crippen LogP contribution in [-0.2, 0) is 6.61 Å². The molecule has 0 unspecified atom stereocenters. The van der Waals surface area contributed by atoms with Gasteiger partial charge in [-0.25, -0.2) is 13.5 Å². The fourth-order valence-electron chi connectivity index (χ4n) is 1.40. The molecule has 1 aromatic heterocycles. The Morgan fingerprint density at radius 1 is 1.44 bits per heavy atom. The second-order valence-corrected chi connectivity index (χ2v) is 3.33. The van der Waals surface area contributed by atoms with Crippen molar-refractivity contribution in [2.75, 3.05) is 0 Å².